The second-order valence-electron chi connectivity index (χ2n) is 3.15. The Morgan fingerprint density at radius 3 is 2.31 bits per heavy atom. The normalized spacial score (nSPS) is 22.1. The van der Waals surface area contributed by atoms with E-state index in [1.54, 1.807) is 0 Å². The molecular weight excluding hydrogens is 322 g/mol. The van der Waals surface area contributed by atoms with Crippen molar-refractivity contribution in [3.63, 3.8) is 0 Å². The number of hydrogen-bond donors (Lipinski definition) is 0. The third kappa shape index (κ3) is 2.72. The maximum absolute atomic E-state index is 13.8. The highest BCUT2D eigenvalue weighted by atomic mass is 35.6. The third-order valence-electron chi connectivity index (χ3n) is 1.92. The predicted molar refractivity (Wildman–Crippen MR) is 67.0 cm³/mol. The molecule has 0 aliphatic carbocycles. The van der Waals surface area contributed by atoms with Crippen LogP contribution in [0.25, 0.3) is 0 Å². The first kappa shape index (κ1) is 14.7. The standard InChI is InChI=1S/C7H9Cl5FN3/c1-2-3-16-5(13)15(4-14-16)7(11,12)6(8,9)10/h4-5H,2-3H2,1H3. The summed E-state index contributed by atoms with van der Waals surface area (Å²) in [6.07, 6.45) is 0.185. The fourth-order valence-electron chi connectivity index (χ4n) is 1.12. The first-order valence-corrected chi connectivity index (χ1v) is 6.28. The molecule has 1 unspecified atom stereocenters. The van der Waals surface area contributed by atoms with Gasteiger partial charge in [0.05, 0.1) is 0 Å². The van der Waals surface area contributed by atoms with Crippen LogP contribution in [-0.2, 0) is 0 Å². The first-order valence-electron chi connectivity index (χ1n) is 4.39. The Morgan fingerprint density at radius 2 is 1.88 bits per heavy atom. The lowest BCUT2D eigenvalue weighted by atomic mass is 10.5. The van der Waals surface area contributed by atoms with Crippen LogP contribution < -0.4 is 0 Å². The molecule has 0 radical (unpaired) electrons. The van der Waals surface area contributed by atoms with Crippen LogP contribution in [-0.4, -0.2) is 37.5 Å². The third-order valence-corrected chi connectivity index (χ3v) is 4.28. The maximum Gasteiger partial charge on any atom is 0.267 e. The number of hydrogen-bond acceptors (Lipinski definition) is 3. The lowest BCUT2D eigenvalue weighted by Gasteiger charge is -2.37. The van der Waals surface area contributed by atoms with Gasteiger partial charge in [0, 0.05) is 6.54 Å². The van der Waals surface area contributed by atoms with Gasteiger partial charge < -0.3 is 0 Å². The molecule has 0 aromatic carbocycles. The van der Waals surface area contributed by atoms with Gasteiger partial charge in [-0.3, -0.25) is 4.90 Å². The number of hydrazone groups is 1. The molecular formula is C7H9Cl5FN3. The van der Waals surface area contributed by atoms with E-state index in [0.717, 1.165) is 22.7 Å². The minimum Gasteiger partial charge on any atom is -0.277 e. The van der Waals surface area contributed by atoms with Crippen molar-refractivity contribution in [3.8, 4) is 0 Å². The largest absolute Gasteiger partial charge is 0.277 e. The quantitative estimate of drug-likeness (QED) is 0.580. The van der Waals surface area contributed by atoms with Gasteiger partial charge in [0.15, 0.2) is 0 Å². The van der Waals surface area contributed by atoms with E-state index in [1.165, 1.54) is 0 Å². The Kier molecular flexibility index (Phi) is 4.69. The highest BCUT2D eigenvalue weighted by Crippen LogP contribution is 2.49. The molecule has 0 aromatic rings. The summed E-state index contributed by atoms with van der Waals surface area (Å²) in [4.78, 5) is 0.846. The molecule has 9 heteroatoms. The zero-order valence-corrected chi connectivity index (χ0v) is 12.0. The van der Waals surface area contributed by atoms with Crippen molar-refractivity contribution in [2.24, 2.45) is 5.10 Å². The van der Waals surface area contributed by atoms with E-state index in [1.807, 2.05) is 6.92 Å². The van der Waals surface area contributed by atoms with Crippen LogP contribution in [0.2, 0.25) is 0 Å². The zero-order valence-electron chi connectivity index (χ0n) is 8.18. The monoisotopic (exact) mass is 329 g/mol. The zero-order chi connectivity index (χ0) is 12.6. The molecule has 1 heterocycles. The van der Waals surface area contributed by atoms with E-state index in [4.69, 9.17) is 58.0 Å². The van der Waals surface area contributed by atoms with Crippen molar-refractivity contribution in [2.45, 2.75) is 28.0 Å². The molecule has 16 heavy (non-hydrogen) atoms. The molecule has 1 aliphatic heterocycles. The van der Waals surface area contributed by atoms with Gasteiger partial charge in [0.25, 0.3) is 6.42 Å². The highest BCUT2D eigenvalue weighted by molar-refractivity contribution is 6.75. The molecule has 0 N–H and O–H groups in total. The number of rotatable bonds is 3. The van der Waals surface area contributed by atoms with Crippen LogP contribution >= 0.6 is 58.0 Å². The molecule has 0 saturated heterocycles. The smallest absolute Gasteiger partial charge is 0.267 e. The van der Waals surface area contributed by atoms with E-state index in [2.05, 4.69) is 5.10 Å². The van der Waals surface area contributed by atoms with Gasteiger partial charge in [0.2, 0.25) is 8.25 Å². The van der Waals surface area contributed by atoms with Gasteiger partial charge in [0.1, 0.15) is 6.34 Å². The summed E-state index contributed by atoms with van der Waals surface area (Å²) in [5, 5.41) is 4.94. The fraction of sp³-hybridized carbons (Fsp3) is 0.857. The van der Waals surface area contributed by atoms with Crippen molar-refractivity contribution in [2.75, 3.05) is 6.54 Å². The molecule has 94 valence electrons. The summed E-state index contributed by atoms with van der Waals surface area (Å²) < 4.78 is 9.76. The first-order chi connectivity index (χ1) is 7.21. The van der Waals surface area contributed by atoms with Crippen molar-refractivity contribution in [1.82, 2.24) is 9.91 Å². The Balaban J connectivity index is 2.82. The van der Waals surface area contributed by atoms with Crippen molar-refractivity contribution < 1.29 is 4.39 Å². The summed E-state index contributed by atoms with van der Waals surface area (Å²) in [5.41, 5.74) is 0. The average molecular weight is 331 g/mol. The van der Waals surface area contributed by atoms with Gasteiger partial charge in [-0.25, -0.2) is 5.01 Å². The topological polar surface area (TPSA) is 18.8 Å². The van der Waals surface area contributed by atoms with Crippen molar-refractivity contribution in [3.05, 3.63) is 0 Å². The molecule has 0 amide bonds. The molecule has 0 saturated carbocycles. The lowest BCUT2D eigenvalue weighted by molar-refractivity contribution is 0.00287. The molecule has 1 rings (SSSR count). The fourth-order valence-corrected chi connectivity index (χ4v) is 1.66. The second-order valence-corrected chi connectivity index (χ2v) is 6.72. The van der Waals surface area contributed by atoms with Gasteiger partial charge in [-0.15, -0.1) is 0 Å². The number of halogens is 6. The maximum atomic E-state index is 13.8. The van der Waals surface area contributed by atoms with E-state index in [-0.39, 0.29) is 0 Å². The van der Waals surface area contributed by atoms with Crippen LogP contribution in [0.4, 0.5) is 4.39 Å². The molecule has 0 bridgehead atoms. The molecule has 1 atom stereocenters. The Hall–Kier alpha value is 0.650. The van der Waals surface area contributed by atoms with Gasteiger partial charge >= 0.3 is 0 Å². The molecule has 0 fully saturated rings. The van der Waals surface area contributed by atoms with Crippen molar-refractivity contribution in [1.29, 1.82) is 0 Å². The lowest BCUT2D eigenvalue weighted by Crippen LogP contribution is -2.52. The Bertz CT molecular complexity index is 280. The molecule has 0 spiro atoms. The van der Waals surface area contributed by atoms with E-state index >= 15 is 0 Å². The summed E-state index contributed by atoms with van der Waals surface area (Å²) in [7, 11) is 0. The average Bonchev–Trinajstić information content (AvgIpc) is 2.47. The summed E-state index contributed by atoms with van der Waals surface area (Å²) in [6.45, 7) is 2.30. The van der Waals surface area contributed by atoms with Crippen LogP contribution in [0.5, 0.6) is 0 Å². The summed E-state index contributed by atoms with van der Waals surface area (Å²) in [6, 6.07) is 0. The van der Waals surface area contributed by atoms with Gasteiger partial charge in [-0.1, -0.05) is 64.9 Å². The van der Waals surface area contributed by atoms with Crippen LogP contribution in [0, 0.1) is 0 Å². The summed E-state index contributed by atoms with van der Waals surface area (Å²) >= 11 is 28.4. The summed E-state index contributed by atoms with van der Waals surface area (Å²) in [5.74, 6) is 0. The minimum absolute atomic E-state index is 0.415. The minimum atomic E-state index is -2.06. The molecule has 0 aromatic heterocycles. The molecule has 3 nitrogen and oxygen atoms in total. The van der Waals surface area contributed by atoms with Gasteiger partial charge in [-0.2, -0.15) is 9.49 Å². The van der Waals surface area contributed by atoms with Crippen LogP contribution in [0.3, 0.4) is 0 Å². The Labute approximate surface area is 118 Å². The number of nitrogens with zero attached hydrogens (tertiary/aromatic N) is 3. The van der Waals surface area contributed by atoms with E-state index in [0.29, 0.717) is 6.54 Å². The van der Waals surface area contributed by atoms with Crippen LogP contribution in [0.15, 0.2) is 5.10 Å². The second kappa shape index (κ2) is 5.11. The SMILES string of the molecule is CCCN1N=CN(C(Cl)(Cl)C(Cl)(Cl)Cl)C1F. The van der Waals surface area contributed by atoms with Crippen LogP contribution in [0.1, 0.15) is 13.3 Å². The predicted octanol–water partition coefficient (Wildman–Crippen LogP) is 3.71. The Morgan fingerprint density at radius 1 is 1.31 bits per heavy atom. The number of alkyl halides is 6. The van der Waals surface area contributed by atoms with E-state index in [9.17, 15) is 4.39 Å². The van der Waals surface area contributed by atoms with Crippen molar-refractivity contribution >= 4 is 64.3 Å². The van der Waals surface area contributed by atoms with E-state index < -0.39 is 14.7 Å². The highest BCUT2D eigenvalue weighted by Gasteiger charge is 2.54. The molecule has 1 aliphatic rings. The van der Waals surface area contributed by atoms with Gasteiger partial charge in [-0.05, 0) is 6.42 Å².